The summed E-state index contributed by atoms with van der Waals surface area (Å²) in [5, 5.41) is 2.80. The van der Waals surface area contributed by atoms with Gasteiger partial charge in [-0.1, -0.05) is 6.07 Å². The fraction of sp³-hybridized carbons (Fsp3) is 0.300. The maximum Gasteiger partial charge on any atom is 0.262 e. The van der Waals surface area contributed by atoms with Gasteiger partial charge in [0.25, 0.3) is 11.8 Å². The molecular weight excluding hydrogens is 348 g/mol. The molecule has 0 aromatic heterocycles. The zero-order valence-corrected chi connectivity index (χ0v) is 15.4. The van der Waals surface area contributed by atoms with Gasteiger partial charge in [0.05, 0.1) is 7.11 Å². The van der Waals surface area contributed by atoms with Gasteiger partial charge in [0, 0.05) is 25.0 Å². The van der Waals surface area contributed by atoms with Crippen LogP contribution in [0.25, 0.3) is 0 Å². The number of hydrogen-bond donors (Lipinski definition) is 1. The molecule has 2 aromatic rings. The van der Waals surface area contributed by atoms with E-state index in [-0.39, 0.29) is 25.0 Å². The van der Waals surface area contributed by atoms with E-state index in [1.165, 1.54) is 7.11 Å². The number of rotatable bonds is 7. The highest BCUT2D eigenvalue weighted by molar-refractivity contribution is 5.98. The number of fused-ring (bicyclic) bond motifs is 1. The van der Waals surface area contributed by atoms with E-state index in [1.807, 2.05) is 12.1 Å². The number of ether oxygens (including phenoxy) is 3. The summed E-state index contributed by atoms with van der Waals surface area (Å²) in [6.45, 7) is 0.539. The normalized spacial score (nSPS) is 12.4. The maximum absolute atomic E-state index is 12.2. The van der Waals surface area contributed by atoms with Crippen LogP contribution in [0, 0.1) is 0 Å². The first kappa shape index (κ1) is 18.7. The molecule has 2 amide bonds. The predicted molar refractivity (Wildman–Crippen MR) is 101 cm³/mol. The number of anilines is 2. The van der Waals surface area contributed by atoms with E-state index in [4.69, 9.17) is 14.2 Å². The van der Waals surface area contributed by atoms with Crippen molar-refractivity contribution >= 4 is 23.2 Å². The summed E-state index contributed by atoms with van der Waals surface area (Å²) in [7, 11) is 3.08. The SMILES string of the molecule is COCC(=O)N1CCc2ccc(NC(=O)COc3ccc(OC)cc3)cc21. The van der Waals surface area contributed by atoms with Crippen LogP contribution < -0.4 is 19.7 Å². The summed E-state index contributed by atoms with van der Waals surface area (Å²) in [4.78, 5) is 26.0. The third-order valence-electron chi connectivity index (χ3n) is 4.26. The van der Waals surface area contributed by atoms with Crippen molar-refractivity contribution < 1.29 is 23.8 Å². The molecule has 0 spiro atoms. The molecule has 142 valence electrons. The highest BCUT2D eigenvalue weighted by Crippen LogP contribution is 2.31. The van der Waals surface area contributed by atoms with Crippen molar-refractivity contribution in [2.24, 2.45) is 0 Å². The molecule has 0 saturated heterocycles. The molecule has 0 saturated carbocycles. The molecule has 7 heteroatoms. The van der Waals surface area contributed by atoms with Crippen LogP contribution >= 0.6 is 0 Å². The van der Waals surface area contributed by atoms with Gasteiger partial charge in [-0.2, -0.15) is 0 Å². The fourth-order valence-electron chi connectivity index (χ4n) is 2.94. The minimum Gasteiger partial charge on any atom is -0.497 e. The van der Waals surface area contributed by atoms with E-state index in [1.54, 1.807) is 42.3 Å². The molecule has 0 atom stereocenters. The summed E-state index contributed by atoms with van der Waals surface area (Å²) in [6, 6.07) is 12.6. The van der Waals surface area contributed by atoms with Crippen molar-refractivity contribution in [1.82, 2.24) is 0 Å². The molecule has 0 unspecified atom stereocenters. The van der Waals surface area contributed by atoms with E-state index in [0.717, 1.165) is 23.4 Å². The van der Waals surface area contributed by atoms with Crippen LogP contribution in [0.2, 0.25) is 0 Å². The van der Waals surface area contributed by atoms with Crippen molar-refractivity contribution in [3.8, 4) is 11.5 Å². The van der Waals surface area contributed by atoms with Crippen molar-refractivity contribution in [3.63, 3.8) is 0 Å². The Morgan fingerprint density at radius 2 is 1.78 bits per heavy atom. The Morgan fingerprint density at radius 1 is 1.04 bits per heavy atom. The summed E-state index contributed by atoms with van der Waals surface area (Å²) in [6.07, 6.45) is 0.791. The first-order valence-corrected chi connectivity index (χ1v) is 8.59. The molecule has 7 nitrogen and oxygen atoms in total. The molecule has 3 rings (SSSR count). The molecule has 0 bridgehead atoms. The van der Waals surface area contributed by atoms with Gasteiger partial charge in [0.1, 0.15) is 18.1 Å². The van der Waals surface area contributed by atoms with E-state index in [0.29, 0.717) is 18.0 Å². The molecule has 1 aliphatic heterocycles. The zero-order chi connectivity index (χ0) is 19.2. The lowest BCUT2D eigenvalue weighted by molar-refractivity contribution is -0.122. The van der Waals surface area contributed by atoms with Crippen LogP contribution in [-0.2, 0) is 20.7 Å². The van der Waals surface area contributed by atoms with Crippen LogP contribution in [0.1, 0.15) is 5.56 Å². The Bertz CT molecular complexity index is 820. The van der Waals surface area contributed by atoms with E-state index in [9.17, 15) is 9.59 Å². The maximum atomic E-state index is 12.2. The van der Waals surface area contributed by atoms with Crippen molar-refractivity contribution in [2.45, 2.75) is 6.42 Å². The number of nitrogens with zero attached hydrogens (tertiary/aromatic N) is 1. The highest BCUT2D eigenvalue weighted by Gasteiger charge is 2.24. The summed E-state index contributed by atoms with van der Waals surface area (Å²) >= 11 is 0. The lowest BCUT2D eigenvalue weighted by Gasteiger charge is -2.17. The molecule has 27 heavy (non-hydrogen) atoms. The third kappa shape index (κ3) is 4.57. The number of amides is 2. The van der Waals surface area contributed by atoms with Gasteiger partial charge in [-0.15, -0.1) is 0 Å². The molecule has 0 radical (unpaired) electrons. The molecule has 0 aliphatic carbocycles. The highest BCUT2D eigenvalue weighted by atomic mass is 16.5. The first-order valence-electron chi connectivity index (χ1n) is 8.59. The quantitative estimate of drug-likeness (QED) is 0.809. The number of carbonyl (C=O) groups is 2. The summed E-state index contributed by atoms with van der Waals surface area (Å²) in [5.41, 5.74) is 2.51. The Labute approximate surface area is 157 Å². The summed E-state index contributed by atoms with van der Waals surface area (Å²) in [5.74, 6) is 0.926. The minimum atomic E-state index is -0.279. The molecule has 1 aliphatic rings. The number of methoxy groups -OCH3 is 2. The molecular formula is C20H22N2O5. The average molecular weight is 370 g/mol. The van der Waals surface area contributed by atoms with Gasteiger partial charge in [0.15, 0.2) is 6.61 Å². The van der Waals surface area contributed by atoms with Gasteiger partial charge in [-0.25, -0.2) is 0 Å². The van der Waals surface area contributed by atoms with Gasteiger partial charge in [-0.3, -0.25) is 9.59 Å². The number of benzene rings is 2. The molecule has 2 aromatic carbocycles. The smallest absolute Gasteiger partial charge is 0.262 e. The monoisotopic (exact) mass is 370 g/mol. The van der Waals surface area contributed by atoms with Crippen LogP contribution in [0.4, 0.5) is 11.4 Å². The third-order valence-corrected chi connectivity index (χ3v) is 4.26. The van der Waals surface area contributed by atoms with Crippen LogP contribution in [-0.4, -0.2) is 45.8 Å². The average Bonchev–Trinajstić information content (AvgIpc) is 3.10. The number of hydrogen-bond acceptors (Lipinski definition) is 5. The van der Waals surface area contributed by atoms with Gasteiger partial charge < -0.3 is 24.4 Å². The second-order valence-corrected chi connectivity index (χ2v) is 6.08. The fourth-order valence-corrected chi connectivity index (χ4v) is 2.94. The van der Waals surface area contributed by atoms with Crippen LogP contribution in [0.3, 0.4) is 0 Å². The standard InChI is InChI=1S/C20H22N2O5/c1-25-13-20(24)22-10-9-14-3-4-15(11-18(14)22)21-19(23)12-27-17-7-5-16(26-2)6-8-17/h3-8,11H,9-10,12-13H2,1-2H3,(H,21,23). The van der Waals surface area contributed by atoms with Crippen molar-refractivity contribution in [3.05, 3.63) is 48.0 Å². The summed E-state index contributed by atoms with van der Waals surface area (Å²) < 4.78 is 15.5. The molecule has 1 N–H and O–H groups in total. The first-order chi connectivity index (χ1) is 13.1. The second-order valence-electron chi connectivity index (χ2n) is 6.08. The molecule has 1 heterocycles. The predicted octanol–water partition coefficient (Wildman–Crippen LogP) is 2.25. The van der Waals surface area contributed by atoms with Crippen LogP contribution in [0.5, 0.6) is 11.5 Å². The largest absolute Gasteiger partial charge is 0.497 e. The number of nitrogens with one attached hydrogen (secondary N) is 1. The van der Waals surface area contributed by atoms with E-state index in [2.05, 4.69) is 5.32 Å². The number of carbonyl (C=O) groups excluding carboxylic acids is 2. The minimum absolute atomic E-state index is 0.0335. The Kier molecular flexibility index (Phi) is 5.93. The van der Waals surface area contributed by atoms with E-state index >= 15 is 0 Å². The topological polar surface area (TPSA) is 77.1 Å². The Hall–Kier alpha value is -3.06. The van der Waals surface area contributed by atoms with Crippen LogP contribution in [0.15, 0.2) is 42.5 Å². The lowest BCUT2D eigenvalue weighted by atomic mass is 10.1. The van der Waals surface area contributed by atoms with E-state index < -0.39 is 0 Å². The van der Waals surface area contributed by atoms with Gasteiger partial charge in [-0.05, 0) is 48.4 Å². The lowest BCUT2D eigenvalue weighted by Crippen LogP contribution is -2.32. The Morgan fingerprint density at radius 3 is 2.48 bits per heavy atom. The molecule has 0 fully saturated rings. The van der Waals surface area contributed by atoms with Gasteiger partial charge in [0.2, 0.25) is 0 Å². The van der Waals surface area contributed by atoms with Crippen molar-refractivity contribution in [1.29, 1.82) is 0 Å². The van der Waals surface area contributed by atoms with Gasteiger partial charge >= 0.3 is 0 Å². The van der Waals surface area contributed by atoms with Crippen molar-refractivity contribution in [2.75, 3.05) is 44.2 Å². The zero-order valence-electron chi connectivity index (χ0n) is 15.4. The Balaban J connectivity index is 1.59. The second kappa shape index (κ2) is 8.55.